The van der Waals surface area contributed by atoms with E-state index >= 15 is 0 Å². The van der Waals surface area contributed by atoms with Crippen molar-refractivity contribution in [3.05, 3.63) is 29.3 Å². The summed E-state index contributed by atoms with van der Waals surface area (Å²) in [5.41, 5.74) is 3.33. The fourth-order valence-electron chi connectivity index (χ4n) is 2.84. The number of nitrogens with one attached hydrogen (secondary N) is 2. The van der Waals surface area contributed by atoms with Gasteiger partial charge in [-0.15, -0.1) is 0 Å². The predicted molar refractivity (Wildman–Crippen MR) is 87.1 cm³/mol. The van der Waals surface area contributed by atoms with Crippen LogP contribution in [0.15, 0.2) is 18.2 Å². The summed E-state index contributed by atoms with van der Waals surface area (Å²) >= 11 is 0. The molecule has 1 aromatic carbocycles. The average molecular weight is 303 g/mol. The zero-order valence-electron chi connectivity index (χ0n) is 13.6. The molecule has 22 heavy (non-hydrogen) atoms. The molecule has 0 unspecified atom stereocenters. The minimum Gasteiger partial charge on any atom is -0.444 e. The normalized spacial score (nSPS) is 18.4. The Hall–Kier alpha value is -1.75. The largest absolute Gasteiger partial charge is 0.444 e. The number of amides is 1. The van der Waals surface area contributed by atoms with E-state index in [-0.39, 0.29) is 6.09 Å². The average Bonchev–Trinajstić information content (AvgIpc) is 2.40. The van der Waals surface area contributed by atoms with Gasteiger partial charge in [-0.2, -0.15) is 0 Å². The summed E-state index contributed by atoms with van der Waals surface area (Å²) in [6, 6.07) is 6.83. The zero-order chi connectivity index (χ0) is 15.7. The van der Waals surface area contributed by atoms with Crippen LogP contribution in [-0.2, 0) is 17.7 Å². The van der Waals surface area contributed by atoms with Gasteiger partial charge in [-0.25, -0.2) is 4.79 Å². The molecule has 0 radical (unpaired) electrons. The first-order valence-electron chi connectivity index (χ1n) is 7.98. The Morgan fingerprint density at radius 3 is 2.77 bits per heavy atom. The van der Waals surface area contributed by atoms with Gasteiger partial charge in [0.25, 0.3) is 0 Å². The molecule has 0 aliphatic carbocycles. The van der Waals surface area contributed by atoms with Crippen LogP contribution in [0.25, 0.3) is 0 Å². The summed E-state index contributed by atoms with van der Waals surface area (Å²) in [6.45, 7) is 9.08. The third-order valence-electron chi connectivity index (χ3n) is 4.06. The minimum atomic E-state index is -0.446. The monoisotopic (exact) mass is 303 g/mol. The van der Waals surface area contributed by atoms with E-state index in [0.29, 0.717) is 19.1 Å². The van der Waals surface area contributed by atoms with Gasteiger partial charge in [0.1, 0.15) is 5.60 Å². The standard InChI is InChI=1S/C17H25N3O2/c1-17(2,3)22-16(21)20-8-7-14-12(11-20)5-4-6-15(14)19-13-9-18-10-13/h4-6,13,18-19H,7-11H2,1-3H3. The van der Waals surface area contributed by atoms with Crippen LogP contribution < -0.4 is 10.6 Å². The van der Waals surface area contributed by atoms with E-state index in [1.165, 1.54) is 16.8 Å². The minimum absolute atomic E-state index is 0.222. The summed E-state index contributed by atoms with van der Waals surface area (Å²) < 4.78 is 5.48. The first-order valence-corrected chi connectivity index (χ1v) is 7.98. The molecule has 0 saturated carbocycles. The summed E-state index contributed by atoms with van der Waals surface area (Å²) in [7, 11) is 0. The second kappa shape index (κ2) is 5.80. The van der Waals surface area contributed by atoms with E-state index in [1.807, 2.05) is 20.8 Å². The SMILES string of the molecule is CC(C)(C)OC(=O)N1CCc2c(cccc2NC2CNC2)C1. The van der Waals surface area contributed by atoms with Gasteiger partial charge in [0, 0.05) is 31.9 Å². The number of carbonyl (C=O) groups excluding carboxylic acids is 1. The molecule has 5 nitrogen and oxygen atoms in total. The number of nitrogens with zero attached hydrogens (tertiary/aromatic N) is 1. The lowest BCUT2D eigenvalue weighted by molar-refractivity contribution is 0.0224. The molecule has 0 atom stereocenters. The van der Waals surface area contributed by atoms with Gasteiger partial charge in [-0.3, -0.25) is 0 Å². The van der Waals surface area contributed by atoms with E-state index in [9.17, 15) is 4.79 Å². The molecule has 2 N–H and O–H groups in total. The van der Waals surface area contributed by atoms with E-state index in [1.54, 1.807) is 4.90 Å². The number of rotatable bonds is 2. The maximum Gasteiger partial charge on any atom is 0.410 e. The summed E-state index contributed by atoms with van der Waals surface area (Å²) in [5, 5.41) is 6.86. The quantitative estimate of drug-likeness (QED) is 0.881. The van der Waals surface area contributed by atoms with Crippen LogP contribution in [0.4, 0.5) is 10.5 Å². The molecular formula is C17H25N3O2. The number of fused-ring (bicyclic) bond motifs is 1. The lowest BCUT2D eigenvalue weighted by Gasteiger charge is -2.34. The van der Waals surface area contributed by atoms with Crippen molar-refractivity contribution in [2.24, 2.45) is 0 Å². The van der Waals surface area contributed by atoms with Crippen molar-refractivity contribution in [1.82, 2.24) is 10.2 Å². The molecule has 2 aliphatic rings. The summed E-state index contributed by atoms with van der Waals surface area (Å²) in [6.07, 6.45) is 0.650. The number of benzene rings is 1. The third kappa shape index (κ3) is 3.35. The predicted octanol–water partition coefficient (Wildman–Crippen LogP) is 2.36. The molecule has 2 aliphatic heterocycles. The van der Waals surface area contributed by atoms with Gasteiger partial charge in [0.15, 0.2) is 0 Å². The molecule has 1 aromatic rings. The molecular weight excluding hydrogens is 278 g/mol. The van der Waals surface area contributed by atoms with Crippen molar-refractivity contribution < 1.29 is 9.53 Å². The van der Waals surface area contributed by atoms with Crippen molar-refractivity contribution in [2.75, 3.05) is 25.0 Å². The molecule has 0 bridgehead atoms. The molecule has 1 amide bonds. The van der Waals surface area contributed by atoms with Gasteiger partial charge in [0.05, 0.1) is 6.04 Å². The summed E-state index contributed by atoms with van der Waals surface area (Å²) in [4.78, 5) is 14.0. The van der Waals surface area contributed by atoms with Gasteiger partial charge in [-0.1, -0.05) is 12.1 Å². The Kier molecular flexibility index (Phi) is 4.00. The van der Waals surface area contributed by atoms with E-state index in [0.717, 1.165) is 19.5 Å². The first kappa shape index (κ1) is 15.2. The lowest BCUT2D eigenvalue weighted by atomic mass is 9.97. The highest BCUT2D eigenvalue weighted by molar-refractivity contribution is 5.69. The van der Waals surface area contributed by atoms with Crippen molar-refractivity contribution in [3.8, 4) is 0 Å². The van der Waals surface area contributed by atoms with Gasteiger partial charge in [0.2, 0.25) is 0 Å². The fraction of sp³-hybridized carbons (Fsp3) is 0.588. The van der Waals surface area contributed by atoms with Crippen molar-refractivity contribution in [3.63, 3.8) is 0 Å². The van der Waals surface area contributed by atoms with Gasteiger partial charge >= 0.3 is 6.09 Å². The van der Waals surface area contributed by atoms with Gasteiger partial charge in [-0.05, 0) is 44.4 Å². The van der Waals surface area contributed by atoms with Crippen LogP contribution in [0.1, 0.15) is 31.9 Å². The molecule has 2 heterocycles. The number of ether oxygens (including phenoxy) is 1. The Morgan fingerprint density at radius 1 is 1.36 bits per heavy atom. The Morgan fingerprint density at radius 2 is 2.14 bits per heavy atom. The second-order valence-electron chi connectivity index (χ2n) is 7.09. The fourth-order valence-corrected chi connectivity index (χ4v) is 2.84. The van der Waals surface area contributed by atoms with Crippen LogP contribution in [0.5, 0.6) is 0 Å². The summed E-state index contributed by atoms with van der Waals surface area (Å²) in [5.74, 6) is 0. The van der Waals surface area contributed by atoms with Crippen LogP contribution in [-0.4, -0.2) is 42.3 Å². The second-order valence-corrected chi connectivity index (χ2v) is 7.09. The van der Waals surface area contributed by atoms with Crippen LogP contribution in [0, 0.1) is 0 Å². The van der Waals surface area contributed by atoms with Crippen molar-refractivity contribution in [2.45, 2.75) is 45.4 Å². The first-order chi connectivity index (χ1) is 10.4. The Bertz CT molecular complexity index is 562. The van der Waals surface area contributed by atoms with E-state index < -0.39 is 5.60 Å². The van der Waals surface area contributed by atoms with Crippen LogP contribution in [0.3, 0.4) is 0 Å². The maximum atomic E-state index is 12.2. The Labute approximate surface area is 132 Å². The molecule has 0 aromatic heterocycles. The lowest BCUT2D eigenvalue weighted by Crippen LogP contribution is -2.51. The molecule has 120 valence electrons. The number of anilines is 1. The number of carbonyl (C=O) groups is 1. The molecule has 1 saturated heterocycles. The van der Waals surface area contributed by atoms with Crippen LogP contribution in [0.2, 0.25) is 0 Å². The van der Waals surface area contributed by atoms with Crippen molar-refractivity contribution in [1.29, 1.82) is 0 Å². The highest BCUT2D eigenvalue weighted by Gasteiger charge is 2.27. The van der Waals surface area contributed by atoms with Gasteiger partial charge < -0.3 is 20.3 Å². The molecule has 3 rings (SSSR count). The highest BCUT2D eigenvalue weighted by atomic mass is 16.6. The smallest absolute Gasteiger partial charge is 0.410 e. The van der Waals surface area contributed by atoms with E-state index in [4.69, 9.17) is 4.74 Å². The molecule has 0 spiro atoms. The Balaban J connectivity index is 1.70. The van der Waals surface area contributed by atoms with Crippen molar-refractivity contribution >= 4 is 11.8 Å². The van der Waals surface area contributed by atoms with Crippen LogP contribution >= 0.6 is 0 Å². The maximum absolute atomic E-state index is 12.2. The van der Waals surface area contributed by atoms with E-state index in [2.05, 4.69) is 28.8 Å². The number of hydrogen-bond acceptors (Lipinski definition) is 4. The zero-order valence-corrected chi connectivity index (χ0v) is 13.6. The topological polar surface area (TPSA) is 53.6 Å². The third-order valence-corrected chi connectivity index (χ3v) is 4.06. The molecule has 5 heteroatoms. The highest BCUT2D eigenvalue weighted by Crippen LogP contribution is 2.28. The number of hydrogen-bond donors (Lipinski definition) is 2. The molecule has 1 fully saturated rings.